The zero-order valence-corrected chi connectivity index (χ0v) is 27.2. The number of anilines is 1. The van der Waals surface area contributed by atoms with Crippen LogP contribution in [0.4, 0.5) is 5.69 Å². The first kappa shape index (κ1) is 31.3. The van der Waals surface area contributed by atoms with Crippen molar-refractivity contribution < 1.29 is 28.7 Å². The molecule has 15 nitrogen and oxygen atoms in total. The van der Waals surface area contributed by atoms with Crippen molar-refractivity contribution in [3.05, 3.63) is 83.4 Å². The Morgan fingerprint density at radius 1 is 1.04 bits per heavy atom. The molecule has 0 radical (unpaired) electrons. The van der Waals surface area contributed by atoms with E-state index < -0.39 is 29.7 Å². The molecule has 3 aliphatic heterocycles. The van der Waals surface area contributed by atoms with Gasteiger partial charge in [-0.2, -0.15) is 10.2 Å². The minimum atomic E-state index is -0.978. The topological polar surface area (TPSA) is 173 Å². The number of hydrogen-bond acceptors (Lipinski definition) is 10. The molecule has 2 aromatic carbocycles. The monoisotopic (exact) mass is 675 g/mol. The van der Waals surface area contributed by atoms with Crippen molar-refractivity contribution in [2.24, 2.45) is 0 Å². The molecule has 5 amide bonds. The van der Waals surface area contributed by atoms with Gasteiger partial charge in [0, 0.05) is 56.1 Å². The Morgan fingerprint density at radius 3 is 2.66 bits per heavy atom. The first-order valence-electron chi connectivity index (χ1n) is 16.5. The van der Waals surface area contributed by atoms with Crippen LogP contribution in [0.1, 0.15) is 68.4 Å². The van der Waals surface area contributed by atoms with Gasteiger partial charge in [-0.05, 0) is 55.5 Å². The van der Waals surface area contributed by atoms with Gasteiger partial charge in [0.25, 0.3) is 17.7 Å². The highest BCUT2D eigenvalue weighted by Crippen LogP contribution is 2.33. The van der Waals surface area contributed by atoms with E-state index in [9.17, 15) is 24.0 Å². The van der Waals surface area contributed by atoms with Crippen LogP contribution < -0.4 is 15.4 Å². The number of amides is 5. The maximum Gasteiger partial charge on any atom is 0.262 e. The fourth-order valence-electron chi connectivity index (χ4n) is 7.07. The van der Waals surface area contributed by atoms with Crippen LogP contribution in [-0.2, 0) is 16.0 Å². The number of nitrogens with zero attached hydrogens (tertiary/aromatic N) is 7. The first-order valence-corrected chi connectivity index (χ1v) is 16.5. The van der Waals surface area contributed by atoms with E-state index >= 15 is 0 Å². The fourth-order valence-corrected chi connectivity index (χ4v) is 7.07. The summed E-state index contributed by atoms with van der Waals surface area (Å²) < 4.78 is 9.14. The number of ether oxygens (including phenoxy) is 1. The lowest BCUT2D eigenvalue weighted by Crippen LogP contribution is -2.54. The van der Waals surface area contributed by atoms with E-state index in [-0.39, 0.29) is 30.4 Å². The van der Waals surface area contributed by atoms with Crippen LogP contribution in [0.2, 0.25) is 0 Å². The second-order valence-corrected chi connectivity index (χ2v) is 12.8. The van der Waals surface area contributed by atoms with Gasteiger partial charge in [0.1, 0.15) is 17.4 Å². The number of hydrogen-bond donors (Lipinski definition) is 2. The summed E-state index contributed by atoms with van der Waals surface area (Å²) in [5.41, 5.74) is 3.62. The molecule has 0 spiro atoms. The second kappa shape index (κ2) is 12.5. The summed E-state index contributed by atoms with van der Waals surface area (Å²) in [7, 11) is 1.55. The lowest BCUT2D eigenvalue weighted by Gasteiger charge is -2.32. The van der Waals surface area contributed by atoms with Crippen molar-refractivity contribution in [1.29, 1.82) is 0 Å². The number of carbonyl (C=O) groups is 5. The fraction of sp³-hybridized carbons (Fsp3) is 0.314. The Morgan fingerprint density at radius 2 is 1.86 bits per heavy atom. The van der Waals surface area contributed by atoms with Crippen molar-refractivity contribution in [3.63, 3.8) is 0 Å². The van der Waals surface area contributed by atoms with Crippen LogP contribution in [0.25, 0.3) is 16.6 Å². The quantitative estimate of drug-likeness (QED) is 0.233. The number of methoxy groups -OCH3 is 1. The number of carbonyl (C=O) groups excluding carboxylic acids is 5. The summed E-state index contributed by atoms with van der Waals surface area (Å²) in [5.74, 6) is -1.86. The highest BCUT2D eigenvalue weighted by molar-refractivity contribution is 6.23. The Bertz CT molecular complexity index is 2220. The number of benzene rings is 2. The lowest BCUT2D eigenvalue weighted by atomic mass is 10.0. The highest BCUT2D eigenvalue weighted by atomic mass is 16.5. The molecule has 3 aromatic heterocycles. The molecule has 0 bridgehead atoms. The van der Waals surface area contributed by atoms with Crippen LogP contribution >= 0.6 is 0 Å². The summed E-state index contributed by atoms with van der Waals surface area (Å²) in [6, 6.07) is 9.93. The Labute approximate surface area is 285 Å². The van der Waals surface area contributed by atoms with Crippen LogP contribution in [-0.4, -0.2) is 96.5 Å². The third-order valence-electron chi connectivity index (χ3n) is 9.77. The maximum absolute atomic E-state index is 13.2. The van der Waals surface area contributed by atoms with Gasteiger partial charge >= 0.3 is 0 Å². The maximum atomic E-state index is 13.2. The van der Waals surface area contributed by atoms with E-state index in [0.717, 1.165) is 53.8 Å². The van der Waals surface area contributed by atoms with Gasteiger partial charge in [-0.1, -0.05) is 6.07 Å². The minimum absolute atomic E-state index is 0.0851. The molecule has 0 aliphatic carbocycles. The molecule has 2 N–H and O–H groups in total. The van der Waals surface area contributed by atoms with Gasteiger partial charge in [0.05, 0.1) is 41.7 Å². The van der Waals surface area contributed by atoms with E-state index in [4.69, 9.17) is 9.84 Å². The number of likely N-dealkylation sites (tertiary alicyclic amines) is 1. The number of aromatic nitrogens is 5. The lowest BCUT2D eigenvalue weighted by molar-refractivity contribution is -0.136. The third-order valence-corrected chi connectivity index (χ3v) is 9.77. The van der Waals surface area contributed by atoms with Crippen LogP contribution in [0.5, 0.6) is 5.75 Å². The van der Waals surface area contributed by atoms with Gasteiger partial charge < -0.3 is 15.0 Å². The molecule has 6 heterocycles. The zero-order chi connectivity index (χ0) is 34.5. The molecule has 254 valence electrons. The number of nitrogens with one attached hydrogen (secondary N) is 2. The number of piperidine rings is 2. The van der Waals surface area contributed by atoms with E-state index in [1.165, 1.54) is 6.20 Å². The van der Waals surface area contributed by atoms with Crippen molar-refractivity contribution in [2.75, 3.05) is 32.1 Å². The SMILES string of the molecule is COc1cc2nn(C3CCN(CCc4ccc5c(c4)C(=O)N(C4CCC(=O)NC4=O)C5=O)CC3)cc2cc1NC(=O)c1cnn2cccnc12. The van der Waals surface area contributed by atoms with Crippen molar-refractivity contribution in [3.8, 4) is 5.75 Å². The molecular weight excluding hydrogens is 642 g/mol. The summed E-state index contributed by atoms with van der Waals surface area (Å²) in [6.07, 6.45) is 9.54. The summed E-state index contributed by atoms with van der Waals surface area (Å²) in [6.45, 7) is 2.52. The Hall–Kier alpha value is -5.96. The second-order valence-electron chi connectivity index (χ2n) is 12.8. The van der Waals surface area contributed by atoms with Gasteiger partial charge in [0.2, 0.25) is 11.8 Å². The van der Waals surface area contributed by atoms with Gasteiger partial charge in [-0.25, -0.2) is 9.50 Å². The van der Waals surface area contributed by atoms with E-state index in [0.29, 0.717) is 34.6 Å². The highest BCUT2D eigenvalue weighted by Gasteiger charge is 2.44. The molecule has 8 rings (SSSR count). The number of imide groups is 2. The Kier molecular flexibility index (Phi) is 7.82. The van der Waals surface area contributed by atoms with E-state index in [1.54, 1.807) is 42.2 Å². The molecule has 5 aromatic rings. The smallest absolute Gasteiger partial charge is 0.262 e. The summed E-state index contributed by atoms with van der Waals surface area (Å²) in [5, 5.41) is 15.1. The zero-order valence-electron chi connectivity index (χ0n) is 27.2. The van der Waals surface area contributed by atoms with Crippen molar-refractivity contribution in [1.82, 2.24) is 39.5 Å². The van der Waals surface area contributed by atoms with E-state index in [1.807, 2.05) is 29.1 Å². The number of rotatable bonds is 8. The normalized spacial score (nSPS) is 18.6. The van der Waals surface area contributed by atoms with Crippen LogP contribution in [0.15, 0.2) is 61.2 Å². The van der Waals surface area contributed by atoms with Crippen molar-refractivity contribution >= 4 is 51.8 Å². The van der Waals surface area contributed by atoms with Gasteiger partial charge in [-0.3, -0.25) is 38.9 Å². The third kappa shape index (κ3) is 5.54. The van der Waals surface area contributed by atoms with Crippen LogP contribution in [0.3, 0.4) is 0 Å². The molecule has 1 unspecified atom stereocenters. The largest absolute Gasteiger partial charge is 0.494 e. The number of fused-ring (bicyclic) bond motifs is 3. The van der Waals surface area contributed by atoms with Gasteiger partial charge in [-0.15, -0.1) is 0 Å². The molecule has 2 fully saturated rings. The Balaban J connectivity index is 0.891. The van der Waals surface area contributed by atoms with E-state index in [2.05, 4.69) is 25.6 Å². The van der Waals surface area contributed by atoms with Gasteiger partial charge in [0.15, 0.2) is 5.65 Å². The predicted octanol–water partition coefficient (Wildman–Crippen LogP) is 2.62. The molecule has 3 aliphatic rings. The molecule has 0 saturated carbocycles. The average molecular weight is 676 g/mol. The minimum Gasteiger partial charge on any atom is -0.494 e. The molecular formula is C35H33N9O6. The summed E-state index contributed by atoms with van der Waals surface area (Å²) in [4.78, 5) is 71.0. The molecule has 50 heavy (non-hydrogen) atoms. The summed E-state index contributed by atoms with van der Waals surface area (Å²) >= 11 is 0. The predicted molar refractivity (Wildman–Crippen MR) is 179 cm³/mol. The molecule has 1 atom stereocenters. The molecule has 2 saturated heterocycles. The average Bonchev–Trinajstić information content (AvgIpc) is 3.81. The van der Waals surface area contributed by atoms with Crippen LogP contribution in [0, 0.1) is 0 Å². The molecule has 15 heteroatoms. The van der Waals surface area contributed by atoms with Crippen molar-refractivity contribution in [2.45, 2.75) is 44.2 Å². The first-order chi connectivity index (χ1) is 24.3. The standard InChI is InChI=1S/C35H33N9O6/c1-50-29-17-26-21(16-27(29)38-32(46)25-18-37-42-11-2-10-36-31(25)42)19-43(40-26)22-8-13-41(14-9-22)12-7-20-3-4-23-24(15-20)35(49)44(34(23)48)28-5-6-30(45)39-33(28)47/h2-4,10-11,15-19,22,28H,5-9,12-14H2,1H3,(H,38,46)(H,39,45,47).